The Morgan fingerprint density at radius 3 is 2.23 bits per heavy atom. The van der Waals surface area contributed by atoms with Crippen molar-refractivity contribution in [3.8, 4) is 11.5 Å². The van der Waals surface area contributed by atoms with Crippen molar-refractivity contribution in [1.29, 1.82) is 0 Å². The molecule has 2 rings (SSSR count). The van der Waals surface area contributed by atoms with E-state index >= 15 is 0 Å². The standard InChI is InChI=1S/C16H17NO5/c1-9-5-6-13(22-9)16(19)11-7-14(20-3)15(21-4)8-12(11)17-10(2)18/h5-8H,1-4H3,(H,17,18). The van der Waals surface area contributed by atoms with Crippen LogP contribution in [0.1, 0.15) is 28.8 Å². The Labute approximate surface area is 128 Å². The number of rotatable bonds is 5. The molecular formula is C16H17NO5. The van der Waals surface area contributed by atoms with Crippen molar-refractivity contribution in [3.63, 3.8) is 0 Å². The zero-order chi connectivity index (χ0) is 16.3. The predicted octanol–water partition coefficient (Wildman–Crippen LogP) is 2.79. The molecule has 0 saturated heterocycles. The lowest BCUT2D eigenvalue weighted by Crippen LogP contribution is -2.12. The van der Waals surface area contributed by atoms with Gasteiger partial charge in [-0.25, -0.2) is 0 Å². The SMILES string of the molecule is COc1cc(NC(C)=O)c(C(=O)c2ccc(C)o2)cc1OC. The second-order valence-electron chi connectivity index (χ2n) is 4.67. The first kappa shape index (κ1) is 15.6. The number of aryl methyl sites for hydroxylation is 1. The monoisotopic (exact) mass is 303 g/mol. The van der Waals surface area contributed by atoms with Crippen molar-refractivity contribution in [2.24, 2.45) is 0 Å². The maximum atomic E-state index is 12.6. The minimum Gasteiger partial charge on any atom is -0.493 e. The van der Waals surface area contributed by atoms with Crippen LogP contribution in [0, 0.1) is 6.92 Å². The number of anilines is 1. The topological polar surface area (TPSA) is 77.8 Å². The molecule has 0 saturated carbocycles. The van der Waals surface area contributed by atoms with E-state index in [1.807, 2.05) is 0 Å². The molecule has 6 nitrogen and oxygen atoms in total. The molecule has 1 aromatic heterocycles. The molecule has 1 N–H and O–H groups in total. The van der Waals surface area contributed by atoms with Gasteiger partial charge in [0.2, 0.25) is 11.7 Å². The lowest BCUT2D eigenvalue weighted by Gasteiger charge is -2.14. The Hall–Kier alpha value is -2.76. The summed E-state index contributed by atoms with van der Waals surface area (Å²) >= 11 is 0. The first-order valence-electron chi connectivity index (χ1n) is 6.61. The summed E-state index contributed by atoms with van der Waals surface area (Å²) in [6, 6.07) is 6.35. The number of amides is 1. The van der Waals surface area contributed by atoms with Crippen LogP contribution in [0.4, 0.5) is 5.69 Å². The summed E-state index contributed by atoms with van der Waals surface area (Å²) in [5, 5.41) is 2.62. The van der Waals surface area contributed by atoms with Gasteiger partial charge in [-0.2, -0.15) is 0 Å². The van der Waals surface area contributed by atoms with Crippen molar-refractivity contribution in [2.75, 3.05) is 19.5 Å². The largest absolute Gasteiger partial charge is 0.493 e. The quantitative estimate of drug-likeness (QED) is 0.859. The maximum Gasteiger partial charge on any atom is 0.230 e. The molecule has 0 atom stereocenters. The van der Waals surface area contributed by atoms with Gasteiger partial charge in [0.15, 0.2) is 17.3 Å². The fourth-order valence-corrected chi connectivity index (χ4v) is 2.05. The number of furan rings is 1. The van der Waals surface area contributed by atoms with Gasteiger partial charge in [-0.1, -0.05) is 0 Å². The maximum absolute atomic E-state index is 12.6. The number of carbonyl (C=O) groups is 2. The zero-order valence-corrected chi connectivity index (χ0v) is 12.9. The first-order chi connectivity index (χ1) is 10.5. The van der Waals surface area contributed by atoms with E-state index in [0.717, 1.165) is 0 Å². The molecule has 6 heteroatoms. The number of hydrogen-bond acceptors (Lipinski definition) is 5. The van der Waals surface area contributed by atoms with Gasteiger partial charge in [-0.05, 0) is 25.1 Å². The Bertz CT molecular complexity index is 717. The van der Waals surface area contributed by atoms with Crippen molar-refractivity contribution >= 4 is 17.4 Å². The third-order valence-electron chi connectivity index (χ3n) is 3.04. The summed E-state index contributed by atoms with van der Waals surface area (Å²) in [6.07, 6.45) is 0. The van der Waals surface area contributed by atoms with E-state index in [0.29, 0.717) is 22.9 Å². The number of ether oxygens (including phenoxy) is 2. The van der Waals surface area contributed by atoms with Crippen molar-refractivity contribution < 1.29 is 23.5 Å². The Kier molecular flexibility index (Phi) is 4.50. The Morgan fingerprint density at radius 1 is 1.09 bits per heavy atom. The van der Waals surface area contributed by atoms with E-state index in [9.17, 15) is 9.59 Å². The Morgan fingerprint density at radius 2 is 1.73 bits per heavy atom. The van der Waals surface area contributed by atoms with Gasteiger partial charge >= 0.3 is 0 Å². The molecule has 1 aromatic carbocycles. The lowest BCUT2D eigenvalue weighted by atomic mass is 10.1. The van der Waals surface area contributed by atoms with Crippen molar-refractivity contribution in [1.82, 2.24) is 0 Å². The second kappa shape index (κ2) is 6.34. The molecule has 0 aliphatic carbocycles. The zero-order valence-electron chi connectivity index (χ0n) is 12.9. The average molecular weight is 303 g/mol. The van der Waals surface area contributed by atoms with E-state index in [-0.39, 0.29) is 23.0 Å². The van der Waals surface area contributed by atoms with Crippen LogP contribution in [0.5, 0.6) is 11.5 Å². The number of methoxy groups -OCH3 is 2. The molecule has 0 bridgehead atoms. The summed E-state index contributed by atoms with van der Waals surface area (Å²) in [4.78, 5) is 24.0. The summed E-state index contributed by atoms with van der Waals surface area (Å²) < 4.78 is 15.8. The second-order valence-corrected chi connectivity index (χ2v) is 4.67. The van der Waals surface area contributed by atoms with Gasteiger partial charge in [0.1, 0.15) is 5.76 Å². The number of carbonyl (C=O) groups excluding carboxylic acids is 2. The van der Waals surface area contributed by atoms with Gasteiger partial charge in [0.05, 0.1) is 25.5 Å². The van der Waals surface area contributed by atoms with Crippen molar-refractivity contribution in [3.05, 3.63) is 41.3 Å². The third kappa shape index (κ3) is 3.11. The number of ketones is 1. The highest BCUT2D eigenvalue weighted by atomic mass is 16.5. The van der Waals surface area contributed by atoms with Gasteiger partial charge in [0, 0.05) is 13.0 Å². The predicted molar refractivity (Wildman–Crippen MR) is 80.7 cm³/mol. The molecule has 0 radical (unpaired) electrons. The highest BCUT2D eigenvalue weighted by molar-refractivity contribution is 6.12. The summed E-state index contributed by atoms with van der Waals surface area (Å²) in [6.45, 7) is 3.11. The molecule has 0 spiro atoms. The van der Waals surface area contributed by atoms with Crippen LogP contribution in [-0.4, -0.2) is 25.9 Å². The van der Waals surface area contributed by atoms with E-state index in [1.165, 1.54) is 27.2 Å². The first-order valence-corrected chi connectivity index (χ1v) is 6.61. The highest BCUT2D eigenvalue weighted by Crippen LogP contribution is 2.34. The van der Waals surface area contributed by atoms with Crippen LogP contribution < -0.4 is 14.8 Å². The van der Waals surface area contributed by atoms with E-state index in [1.54, 1.807) is 25.1 Å². The molecule has 116 valence electrons. The van der Waals surface area contributed by atoms with Gasteiger partial charge in [-0.15, -0.1) is 0 Å². The normalized spacial score (nSPS) is 10.2. The molecule has 1 amide bonds. The van der Waals surface area contributed by atoms with Crippen LogP contribution in [0.25, 0.3) is 0 Å². The molecule has 2 aromatic rings. The van der Waals surface area contributed by atoms with E-state index in [4.69, 9.17) is 13.9 Å². The number of hydrogen-bond donors (Lipinski definition) is 1. The van der Waals surface area contributed by atoms with Crippen LogP contribution in [0.2, 0.25) is 0 Å². The molecule has 22 heavy (non-hydrogen) atoms. The smallest absolute Gasteiger partial charge is 0.230 e. The minimum atomic E-state index is -0.349. The van der Waals surface area contributed by atoms with Crippen LogP contribution >= 0.6 is 0 Å². The van der Waals surface area contributed by atoms with Gasteiger partial charge in [-0.3, -0.25) is 9.59 Å². The van der Waals surface area contributed by atoms with Crippen molar-refractivity contribution in [2.45, 2.75) is 13.8 Å². The van der Waals surface area contributed by atoms with E-state index < -0.39 is 0 Å². The summed E-state index contributed by atoms with van der Waals surface area (Å²) in [5.74, 6) is 0.984. The molecule has 1 heterocycles. The summed E-state index contributed by atoms with van der Waals surface area (Å²) in [5.41, 5.74) is 0.603. The fraction of sp³-hybridized carbons (Fsp3) is 0.250. The highest BCUT2D eigenvalue weighted by Gasteiger charge is 2.21. The van der Waals surface area contributed by atoms with Crippen LogP contribution in [0.3, 0.4) is 0 Å². The lowest BCUT2D eigenvalue weighted by molar-refractivity contribution is -0.114. The van der Waals surface area contributed by atoms with E-state index in [2.05, 4.69) is 5.32 Å². The van der Waals surface area contributed by atoms with Gasteiger partial charge < -0.3 is 19.2 Å². The number of benzene rings is 1. The minimum absolute atomic E-state index is 0.191. The average Bonchev–Trinajstić information content (AvgIpc) is 2.92. The molecule has 0 aliphatic heterocycles. The molecular weight excluding hydrogens is 286 g/mol. The summed E-state index contributed by atoms with van der Waals surface area (Å²) in [7, 11) is 2.95. The van der Waals surface area contributed by atoms with Crippen LogP contribution in [0.15, 0.2) is 28.7 Å². The number of nitrogens with one attached hydrogen (secondary N) is 1. The molecule has 0 fully saturated rings. The molecule has 0 unspecified atom stereocenters. The fourth-order valence-electron chi connectivity index (χ4n) is 2.05. The Balaban J connectivity index is 2.55. The van der Waals surface area contributed by atoms with Gasteiger partial charge in [0.25, 0.3) is 0 Å². The van der Waals surface area contributed by atoms with Crippen LogP contribution in [-0.2, 0) is 4.79 Å². The molecule has 0 aliphatic rings. The third-order valence-corrected chi connectivity index (χ3v) is 3.04.